The monoisotopic (exact) mass is 322 g/mol. The standard InChI is InChI=1S/C20H22N2O2/c1-20(2)14-24-19(22-20)13-18(21-16-7-5-4-6-8-16)15-9-11-17(23-3)12-10-15/h4-13,21H,14H2,1-3H3/b18-13-. The van der Waals surface area contributed by atoms with Gasteiger partial charge in [0.1, 0.15) is 12.4 Å². The summed E-state index contributed by atoms with van der Waals surface area (Å²) in [7, 11) is 1.66. The number of ether oxygens (including phenoxy) is 2. The van der Waals surface area contributed by atoms with Crippen LogP contribution in [-0.4, -0.2) is 25.2 Å². The van der Waals surface area contributed by atoms with Crippen LogP contribution in [0.2, 0.25) is 0 Å². The van der Waals surface area contributed by atoms with Crippen molar-refractivity contribution in [2.75, 3.05) is 19.0 Å². The van der Waals surface area contributed by atoms with Crippen LogP contribution < -0.4 is 10.1 Å². The maximum absolute atomic E-state index is 5.71. The minimum atomic E-state index is -0.177. The highest BCUT2D eigenvalue weighted by Crippen LogP contribution is 2.24. The zero-order valence-corrected chi connectivity index (χ0v) is 14.2. The Bertz CT molecular complexity index is 747. The van der Waals surface area contributed by atoms with Crippen LogP contribution in [0, 0.1) is 0 Å². The van der Waals surface area contributed by atoms with Gasteiger partial charge >= 0.3 is 0 Å². The summed E-state index contributed by atoms with van der Waals surface area (Å²) in [5.41, 5.74) is 2.80. The van der Waals surface area contributed by atoms with Crippen molar-refractivity contribution < 1.29 is 9.47 Å². The van der Waals surface area contributed by atoms with Crippen molar-refractivity contribution in [3.05, 3.63) is 66.2 Å². The van der Waals surface area contributed by atoms with Crippen molar-refractivity contribution in [1.29, 1.82) is 0 Å². The van der Waals surface area contributed by atoms with Gasteiger partial charge in [0.2, 0.25) is 5.90 Å². The van der Waals surface area contributed by atoms with Crippen molar-refractivity contribution in [1.82, 2.24) is 0 Å². The molecule has 2 aromatic carbocycles. The summed E-state index contributed by atoms with van der Waals surface area (Å²) < 4.78 is 11.0. The average Bonchev–Trinajstić information content (AvgIpc) is 2.94. The summed E-state index contributed by atoms with van der Waals surface area (Å²) in [6.07, 6.45) is 1.95. The molecule has 3 rings (SSSR count). The van der Waals surface area contributed by atoms with E-state index in [1.54, 1.807) is 7.11 Å². The maximum atomic E-state index is 5.71. The Hall–Kier alpha value is -2.75. The van der Waals surface area contributed by atoms with Crippen molar-refractivity contribution in [2.24, 2.45) is 4.99 Å². The molecule has 24 heavy (non-hydrogen) atoms. The number of nitrogens with one attached hydrogen (secondary N) is 1. The van der Waals surface area contributed by atoms with Crippen LogP contribution in [0.1, 0.15) is 19.4 Å². The van der Waals surface area contributed by atoms with Crippen LogP contribution in [0.3, 0.4) is 0 Å². The van der Waals surface area contributed by atoms with Gasteiger partial charge in [-0.3, -0.25) is 0 Å². The predicted octanol–water partition coefficient (Wildman–Crippen LogP) is 4.36. The quantitative estimate of drug-likeness (QED) is 0.889. The van der Waals surface area contributed by atoms with E-state index < -0.39 is 0 Å². The molecule has 0 fully saturated rings. The van der Waals surface area contributed by atoms with Gasteiger partial charge in [-0.05, 0) is 55.8 Å². The van der Waals surface area contributed by atoms with Gasteiger partial charge < -0.3 is 14.8 Å². The summed E-state index contributed by atoms with van der Waals surface area (Å²) in [5.74, 6) is 1.47. The Morgan fingerprint density at radius 2 is 1.83 bits per heavy atom. The lowest BCUT2D eigenvalue weighted by Gasteiger charge is -2.12. The SMILES string of the molecule is COc1ccc(/C(=C/C2=NC(C)(C)CO2)Nc2ccccc2)cc1. The van der Waals surface area contributed by atoms with E-state index in [-0.39, 0.29) is 5.54 Å². The predicted molar refractivity (Wildman–Crippen MR) is 98.5 cm³/mol. The van der Waals surface area contributed by atoms with Gasteiger partial charge in [-0.1, -0.05) is 18.2 Å². The first-order chi connectivity index (χ1) is 11.6. The first-order valence-electron chi connectivity index (χ1n) is 7.97. The van der Waals surface area contributed by atoms with E-state index >= 15 is 0 Å². The second kappa shape index (κ2) is 6.79. The number of hydrogen-bond donors (Lipinski definition) is 1. The van der Waals surface area contributed by atoms with Gasteiger partial charge in [0.05, 0.1) is 18.3 Å². The van der Waals surface area contributed by atoms with Crippen molar-refractivity contribution in [3.8, 4) is 5.75 Å². The molecule has 0 aliphatic carbocycles. The number of methoxy groups -OCH3 is 1. The number of anilines is 1. The second-order valence-electron chi connectivity index (χ2n) is 6.33. The van der Waals surface area contributed by atoms with Gasteiger partial charge in [-0.25, -0.2) is 4.99 Å². The number of nitrogens with zero attached hydrogens (tertiary/aromatic N) is 1. The average molecular weight is 322 g/mol. The second-order valence-corrected chi connectivity index (χ2v) is 6.33. The van der Waals surface area contributed by atoms with E-state index in [4.69, 9.17) is 9.47 Å². The van der Waals surface area contributed by atoms with Gasteiger partial charge in [0, 0.05) is 11.8 Å². The lowest BCUT2D eigenvalue weighted by atomic mass is 10.1. The maximum Gasteiger partial charge on any atom is 0.211 e. The number of para-hydroxylation sites is 1. The number of hydrogen-bond acceptors (Lipinski definition) is 4. The van der Waals surface area contributed by atoms with E-state index in [1.165, 1.54) is 0 Å². The molecule has 0 unspecified atom stereocenters. The van der Waals surface area contributed by atoms with E-state index in [1.807, 2.05) is 60.7 Å². The molecule has 2 aromatic rings. The fourth-order valence-electron chi connectivity index (χ4n) is 2.45. The summed E-state index contributed by atoms with van der Waals surface area (Å²) >= 11 is 0. The molecule has 0 saturated carbocycles. The Kier molecular flexibility index (Phi) is 4.56. The van der Waals surface area contributed by atoms with Crippen molar-refractivity contribution in [3.63, 3.8) is 0 Å². The largest absolute Gasteiger partial charge is 0.497 e. The third-order valence-electron chi connectivity index (χ3n) is 3.71. The highest BCUT2D eigenvalue weighted by molar-refractivity contribution is 5.98. The molecule has 1 N–H and O–H groups in total. The Balaban J connectivity index is 1.94. The van der Waals surface area contributed by atoms with E-state index in [0.717, 1.165) is 22.7 Å². The summed E-state index contributed by atoms with van der Waals surface area (Å²) in [4.78, 5) is 4.61. The molecule has 0 saturated heterocycles. The topological polar surface area (TPSA) is 42.9 Å². The van der Waals surface area contributed by atoms with E-state index in [9.17, 15) is 0 Å². The first-order valence-corrected chi connectivity index (χ1v) is 7.97. The highest BCUT2D eigenvalue weighted by atomic mass is 16.5. The molecular formula is C20H22N2O2. The van der Waals surface area contributed by atoms with Gasteiger partial charge in [-0.15, -0.1) is 0 Å². The molecule has 124 valence electrons. The molecule has 0 aromatic heterocycles. The van der Waals surface area contributed by atoms with Gasteiger partial charge in [0.15, 0.2) is 0 Å². The molecule has 4 nitrogen and oxygen atoms in total. The van der Waals surface area contributed by atoms with Gasteiger partial charge in [-0.2, -0.15) is 0 Å². The molecule has 1 aliphatic rings. The van der Waals surface area contributed by atoms with E-state index in [2.05, 4.69) is 24.2 Å². The fourth-order valence-corrected chi connectivity index (χ4v) is 2.45. The summed E-state index contributed by atoms with van der Waals surface area (Å²) in [6.45, 7) is 4.72. The van der Waals surface area contributed by atoms with E-state index in [0.29, 0.717) is 12.5 Å². The molecule has 1 heterocycles. The van der Waals surface area contributed by atoms with Crippen LogP contribution >= 0.6 is 0 Å². The Morgan fingerprint density at radius 1 is 1.12 bits per heavy atom. The molecule has 4 heteroatoms. The lowest BCUT2D eigenvalue weighted by Crippen LogP contribution is -2.17. The first kappa shape index (κ1) is 16.1. The van der Waals surface area contributed by atoms with Crippen LogP contribution in [0.25, 0.3) is 5.70 Å². The fraction of sp³-hybridized carbons (Fsp3) is 0.250. The van der Waals surface area contributed by atoms with Gasteiger partial charge in [0.25, 0.3) is 0 Å². The number of rotatable bonds is 5. The smallest absolute Gasteiger partial charge is 0.211 e. The highest BCUT2D eigenvalue weighted by Gasteiger charge is 2.25. The molecule has 0 spiro atoms. The van der Waals surface area contributed by atoms with Crippen LogP contribution in [-0.2, 0) is 4.74 Å². The summed E-state index contributed by atoms with van der Waals surface area (Å²) in [6, 6.07) is 18.0. The van der Waals surface area contributed by atoms with Crippen LogP contribution in [0.4, 0.5) is 5.69 Å². The third kappa shape index (κ3) is 3.96. The zero-order chi connectivity index (χ0) is 17.0. The Morgan fingerprint density at radius 3 is 2.42 bits per heavy atom. The zero-order valence-electron chi connectivity index (χ0n) is 14.2. The molecular weight excluding hydrogens is 300 g/mol. The minimum absolute atomic E-state index is 0.177. The number of benzene rings is 2. The molecule has 1 aliphatic heterocycles. The number of aliphatic imine (C=N–C) groups is 1. The van der Waals surface area contributed by atoms with Crippen LogP contribution in [0.5, 0.6) is 5.75 Å². The molecule has 0 radical (unpaired) electrons. The minimum Gasteiger partial charge on any atom is -0.497 e. The van der Waals surface area contributed by atoms with Crippen molar-refractivity contribution in [2.45, 2.75) is 19.4 Å². The molecule has 0 amide bonds. The molecule has 0 bridgehead atoms. The lowest BCUT2D eigenvalue weighted by molar-refractivity contribution is 0.280. The van der Waals surface area contributed by atoms with Crippen LogP contribution in [0.15, 0.2) is 65.7 Å². The third-order valence-corrected chi connectivity index (χ3v) is 3.71. The Labute approximate surface area is 142 Å². The van der Waals surface area contributed by atoms with Crippen molar-refractivity contribution >= 4 is 17.3 Å². The summed E-state index contributed by atoms with van der Waals surface area (Å²) in [5, 5.41) is 3.45. The molecule has 0 atom stereocenters. The normalized spacial score (nSPS) is 16.3.